The minimum Gasteiger partial charge on any atom is -0.480 e. The summed E-state index contributed by atoms with van der Waals surface area (Å²) in [5.41, 5.74) is 0.715. The third kappa shape index (κ3) is 4.03. The van der Waals surface area contributed by atoms with Gasteiger partial charge < -0.3 is 10.0 Å². The molecule has 1 heterocycles. The van der Waals surface area contributed by atoms with E-state index in [0.29, 0.717) is 24.9 Å². The van der Waals surface area contributed by atoms with Crippen LogP contribution in [-0.4, -0.2) is 34.5 Å². The van der Waals surface area contributed by atoms with Crippen LogP contribution in [0.3, 0.4) is 0 Å². The Morgan fingerprint density at radius 1 is 1.38 bits per heavy atom. The molecule has 1 aliphatic rings. The van der Waals surface area contributed by atoms with Gasteiger partial charge in [0.2, 0.25) is 5.91 Å². The molecule has 0 spiro atoms. The summed E-state index contributed by atoms with van der Waals surface area (Å²) in [5, 5.41) is 9.17. The van der Waals surface area contributed by atoms with E-state index < -0.39 is 12.0 Å². The molecule has 1 unspecified atom stereocenters. The quantitative estimate of drug-likeness (QED) is 0.900. The number of amides is 1. The van der Waals surface area contributed by atoms with Crippen LogP contribution in [0.1, 0.15) is 31.2 Å². The summed E-state index contributed by atoms with van der Waals surface area (Å²) < 4.78 is 14.0. The molecule has 21 heavy (non-hydrogen) atoms. The zero-order valence-corrected chi connectivity index (χ0v) is 13.1. The van der Waals surface area contributed by atoms with E-state index in [0.717, 1.165) is 17.3 Å². The first-order valence-corrected chi connectivity index (χ1v) is 7.74. The number of halogens is 2. The van der Waals surface area contributed by atoms with Gasteiger partial charge in [0.05, 0.1) is 0 Å². The number of aryl methyl sites for hydroxylation is 1. The Labute approximate surface area is 131 Å². The molecule has 1 aliphatic heterocycles. The third-order valence-electron chi connectivity index (χ3n) is 3.72. The van der Waals surface area contributed by atoms with Gasteiger partial charge in [0.1, 0.15) is 11.9 Å². The number of nitrogens with zero attached hydrogens (tertiary/aromatic N) is 1. The lowest BCUT2D eigenvalue weighted by Gasteiger charge is -2.33. The van der Waals surface area contributed by atoms with E-state index in [9.17, 15) is 19.1 Å². The van der Waals surface area contributed by atoms with Gasteiger partial charge >= 0.3 is 5.97 Å². The van der Waals surface area contributed by atoms with Crippen molar-refractivity contribution in [1.29, 1.82) is 0 Å². The largest absolute Gasteiger partial charge is 0.480 e. The molecular formula is C15H17BrFNO3. The van der Waals surface area contributed by atoms with E-state index in [-0.39, 0.29) is 18.1 Å². The maximum Gasteiger partial charge on any atom is 0.326 e. The van der Waals surface area contributed by atoms with E-state index in [1.54, 1.807) is 6.07 Å². The second-order valence-corrected chi connectivity index (χ2v) is 6.03. The number of benzene rings is 1. The monoisotopic (exact) mass is 357 g/mol. The highest BCUT2D eigenvalue weighted by Crippen LogP contribution is 2.22. The molecule has 0 radical (unpaired) electrons. The second kappa shape index (κ2) is 7.02. The lowest BCUT2D eigenvalue weighted by molar-refractivity contribution is -0.152. The molecule has 1 fully saturated rings. The lowest BCUT2D eigenvalue weighted by atomic mass is 10.0. The van der Waals surface area contributed by atoms with Crippen molar-refractivity contribution in [2.24, 2.45) is 0 Å². The molecule has 6 heteroatoms. The van der Waals surface area contributed by atoms with Crippen molar-refractivity contribution in [1.82, 2.24) is 4.90 Å². The zero-order chi connectivity index (χ0) is 15.4. The minimum atomic E-state index is -0.949. The highest BCUT2D eigenvalue weighted by molar-refractivity contribution is 9.10. The molecule has 0 bridgehead atoms. The fourth-order valence-electron chi connectivity index (χ4n) is 2.61. The number of carbonyl (C=O) groups excluding carboxylic acids is 1. The van der Waals surface area contributed by atoms with Gasteiger partial charge in [-0.05, 0) is 49.4 Å². The summed E-state index contributed by atoms with van der Waals surface area (Å²) in [7, 11) is 0. The molecule has 1 amide bonds. The molecule has 1 saturated heterocycles. The van der Waals surface area contributed by atoms with Gasteiger partial charge in [0, 0.05) is 17.4 Å². The van der Waals surface area contributed by atoms with Gasteiger partial charge in [0.25, 0.3) is 0 Å². The van der Waals surface area contributed by atoms with Crippen LogP contribution in [-0.2, 0) is 16.0 Å². The number of aliphatic carboxylic acids is 1. The summed E-state index contributed by atoms with van der Waals surface area (Å²) in [5.74, 6) is -1.48. The van der Waals surface area contributed by atoms with Crippen LogP contribution in [0, 0.1) is 5.82 Å². The predicted octanol–water partition coefficient (Wildman–Crippen LogP) is 2.99. The fraction of sp³-hybridized carbons (Fsp3) is 0.467. The molecule has 1 aromatic rings. The average molecular weight is 358 g/mol. The summed E-state index contributed by atoms with van der Waals surface area (Å²) in [6, 6.07) is 3.63. The van der Waals surface area contributed by atoms with Crippen LogP contribution in [0.25, 0.3) is 0 Å². The van der Waals surface area contributed by atoms with Gasteiger partial charge in [-0.2, -0.15) is 0 Å². The molecule has 4 nitrogen and oxygen atoms in total. The minimum absolute atomic E-state index is 0.182. The van der Waals surface area contributed by atoms with Crippen LogP contribution in [0.4, 0.5) is 4.39 Å². The standard InChI is InChI=1S/C15H17BrFNO3/c16-12-6-5-11(17)9-10(12)4-7-14(19)18-8-2-1-3-13(18)15(20)21/h5-6,9,13H,1-4,7-8H2,(H,20,21). The van der Waals surface area contributed by atoms with Gasteiger partial charge in [-0.3, -0.25) is 4.79 Å². The first-order valence-electron chi connectivity index (χ1n) is 6.95. The van der Waals surface area contributed by atoms with Gasteiger partial charge in [0.15, 0.2) is 0 Å². The fourth-order valence-corrected chi connectivity index (χ4v) is 3.05. The predicted molar refractivity (Wildman–Crippen MR) is 79.4 cm³/mol. The first-order chi connectivity index (χ1) is 9.99. The van der Waals surface area contributed by atoms with Crippen molar-refractivity contribution < 1.29 is 19.1 Å². The van der Waals surface area contributed by atoms with Crippen molar-refractivity contribution in [3.63, 3.8) is 0 Å². The molecule has 1 N–H and O–H groups in total. The van der Waals surface area contributed by atoms with E-state index >= 15 is 0 Å². The molecule has 0 saturated carbocycles. The Hall–Kier alpha value is -1.43. The van der Waals surface area contributed by atoms with Crippen LogP contribution in [0.2, 0.25) is 0 Å². The number of carboxylic acid groups (broad SMARTS) is 1. The molecule has 114 valence electrons. The second-order valence-electron chi connectivity index (χ2n) is 5.17. The molecule has 0 aromatic heterocycles. The summed E-state index contributed by atoms with van der Waals surface area (Å²) in [6.07, 6.45) is 2.74. The Bertz CT molecular complexity index is 550. The van der Waals surface area contributed by atoms with Crippen molar-refractivity contribution in [2.75, 3.05) is 6.54 Å². The summed E-state index contributed by atoms with van der Waals surface area (Å²) in [4.78, 5) is 24.9. The average Bonchev–Trinajstić information content (AvgIpc) is 2.47. The Kier molecular flexibility index (Phi) is 5.33. The molecular weight excluding hydrogens is 341 g/mol. The van der Waals surface area contributed by atoms with Gasteiger partial charge in [-0.25, -0.2) is 9.18 Å². The number of carbonyl (C=O) groups is 2. The smallest absolute Gasteiger partial charge is 0.326 e. The highest BCUT2D eigenvalue weighted by Gasteiger charge is 2.31. The zero-order valence-electron chi connectivity index (χ0n) is 11.5. The Balaban J connectivity index is 2.00. The SMILES string of the molecule is O=C(O)C1CCCCN1C(=O)CCc1cc(F)ccc1Br. The Morgan fingerprint density at radius 3 is 2.86 bits per heavy atom. The van der Waals surface area contributed by atoms with Crippen molar-refractivity contribution >= 4 is 27.8 Å². The van der Waals surface area contributed by atoms with Crippen molar-refractivity contribution in [3.05, 3.63) is 34.1 Å². The van der Waals surface area contributed by atoms with E-state index in [4.69, 9.17) is 0 Å². The van der Waals surface area contributed by atoms with Crippen LogP contribution in [0.15, 0.2) is 22.7 Å². The molecule has 2 rings (SSSR count). The topological polar surface area (TPSA) is 57.6 Å². The van der Waals surface area contributed by atoms with E-state index in [1.165, 1.54) is 17.0 Å². The highest BCUT2D eigenvalue weighted by atomic mass is 79.9. The van der Waals surface area contributed by atoms with Crippen LogP contribution >= 0.6 is 15.9 Å². The van der Waals surface area contributed by atoms with Gasteiger partial charge in [-0.15, -0.1) is 0 Å². The number of hydrogen-bond donors (Lipinski definition) is 1. The van der Waals surface area contributed by atoms with E-state index in [1.807, 2.05) is 0 Å². The normalized spacial score (nSPS) is 18.6. The lowest BCUT2D eigenvalue weighted by Crippen LogP contribution is -2.48. The molecule has 1 atom stereocenters. The molecule has 0 aliphatic carbocycles. The van der Waals surface area contributed by atoms with Crippen LogP contribution < -0.4 is 0 Å². The molecule has 1 aromatic carbocycles. The van der Waals surface area contributed by atoms with Crippen LogP contribution in [0.5, 0.6) is 0 Å². The van der Waals surface area contributed by atoms with Gasteiger partial charge in [-0.1, -0.05) is 15.9 Å². The maximum absolute atomic E-state index is 13.2. The van der Waals surface area contributed by atoms with Crippen molar-refractivity contribution in [3.8, 4) is 0 Å². The summed E-state index contributed by atoms with van der Waals surface area (Å²) in [6.45, 7) is 0.486. The third-order valence-corrected chi connectivity index (χ3v) is 4.50. The van der Waals surface area contributed by atoms with E-state index in [2.05, 4.69) is 15.9 Å². The number of likely N-dealkylation sites (tertiary alicyclic amines) is 1. The number of rotatable bonds is 4. The van der Waals surface area contributed by atoms with Crippen molar-refractivity contribution in [2.45, 2.75) is 38.1 Å². The number of piperidine rings is 1. The number of hydrogen-bond acceptors (Lipinski definition) is 2. The maximum atomic E-state index is 13.2. The number of carboxylic acids is 1. The first kappa shape index (κ1) is 15.9. The summed E-state index contributed by atoms with van der Waals surface area (Å²) >= 11 is 3.33. The Morgan fingerprint density at radius 2 is 2.14 bits per heavy atom.